The lowest BCUT2D eigenvalue weighted by atomic mass is 9.64. The van der Waals surface area contributed by atoms with E-state index in [1.54, 1.807) is 0 Å². The summed E-state index contributed by atoms with van der Waals surface area (Å²) in [4.78, 5) is 11.3. The van der Waals surface area contributed by atoms with Crippen molar-refractivity contribution in [2.24, 2.45) is 23.2 Å². The number of fused-ring (bicyclic) bond motifs is 2. The van der Waals surface area contributed by atoms with Crippen molar-refractivity contribution in [1.82, 2.24) is 5.32 Å². The van der Waals surface area contributed by atoms with Crippen molar-refractivity contribution < 1.29 is 9.90 Å². The van der Waals surface area contributed by atoms with Gasteiger partial charge in [0.1, 0.15) is 0 Å². The average Bonchev–Trinajstić information content (AvgIpc) is 2.71. The van der Waals surface area contributed by atoms with Gasteiger partial charge in [0, 0.05) is 13.1 Å². The standard InChI is InChI=1S/C12H19NO2/c14-11(15)10-6-13-7-12(10)4-8-1-2-9(3-8)5-12/h8-10,13H,1-7H2,(H,14,15). The summed E-state index contributed by atoms with van der Waals surface area (Å²) in [7, 11) is 0. The molecule has 1 heterocycles. The molecule has 0 aromatic heterocycles. The minimum atomic E-state index is -0.582. The number of aliphatic carboxylic acids is 1. The maximum absolute atomic E-state index is 11.3. The molecule has 1 saturated heterocycles. The van der Waals surface area contributed by atoms with E-state index < -0.39 is 5.97 Å². The predicted molar refractivity (Wildman–Crippen MR) is 56.5 cm³/mol. The summed E-state index contributed by atoms with van der Waals surface area (Å²) in [6, 6.07) is 0. The second-order valence-electron chi connectivity index (χ2n) is 5.84. The first-order valence-corrected chi connectivity index (χ1v) is 6.13. The van der Waals surface area contributed by atoms with Crippen LogP contribution in [-0.4, -0.2) is 24.2 Å². The molecule has 15 heavy (non-hydrogen) atoms. The zero-order valence-corrected chi connectivity index (χ0v) is 9.04. The van der Waals surface area contributed by atoms with Crippen molar-refractivity contribution in [3.63, 3.8) is 0 Å². The highest BCUT2D eigenvalue weighted by Gasteiger charge is 2.52. The zero-order valence-electron chi connectivity index (χ0n) is 9.04. The molecule has 84 valence electrons. The van der Waals surface area contributed by atoms with Gasteiger partial charge in [0.2, 0.25) is 0 Å². The fourth-order valence-corrected chi connectivity index (χ4v) is 4.37. The molecule has 2 saturated carbocycles. The van der Waals surface area contributed by atoms with Gasteiger partial charge in [-0.3, -0.25) is 4.79 Å². The Kier molecular flexibility index (Phi) is 2.06. The van der Waals surface area contributed by atoms with Crippen LogP contribution in [0.15, 0.2) is 0 Å². The van der Waals surface area contributed by atoms with Crippen molar-refractivity contribution >= 4 is 5.97 Å². The van der Waals surface area contributed by atoms with E-state index in [0.29, 0.717) is 6.54 Å². The first-order chi connectivity index (χ1) is 7.20. The Balaban J connectivity index is 1.86. The largest absolute Gasteiger partial charge is 0.481 e. The topological polar surface area (TPSA) is 49.3 Å². The molecule has 3 heteroatoms. The lowest BCUT2D eigenvalue weighted by molar-refractivity contribution is -0.146. The van der Waals surface area contributed by atoms with Crippen molar-refractivity contribution in [2.45, 2.75) is 32.1 Å². The summed E-state index contributed by atoms with van der Waals surface area (Å²) in [6.45, 7) is 1.63. The minimum absolute atomic E-state index is 0.107. The molecule has 0 aromatic rings. The fourth-order valence-electron chi connectivity index (χ4n) is 4.37. The summed E-state index contributed by atoms with van der Waals surface area (Å²) in [5.74, 6) is 0.943. The molecule has 3 fully saturated rings. The molecule has 0 aromatic carbocycles. The lowest BCUT2D eigenvalue weighted by Gasteiger charge is -2.40. The third-order valence-corrected chi connectivity index (χ3v) is 4.90. The third-order valence-electron chi connectivity index (χ3n) is 4.90. The van der Waals surface area contributed by atoms with Crippen molar-refractivity contribution in [2.75, 3.05) is 13.1 Å². The molecular weight excluding hydrogens is 190 g/mol. The number of carboxylic acid groups (broad SMARTS) is 1. The SMILES string of the molecule is O=C(O)C1CNCC12CC1CCC(C1)C2. The van der Waals surface area contributed by atoms with E-state index >= 15 is 0 Å². The first-order valence-electron chi connectivity index (χ1n) is 6.13. The quantitative estimate of drug-likeness (QED) is 0.688. The van der Waals surface area contributed by atoms with Gasteiger partial charge in [0.15, 0.2) is 0 Å². The van der Waals surface area contributed by atoms with Crippen LogP contribution in [0.25, 0.3) is 0 Å². The van der Waals surface area contributed by atoms with Crippen LogP contribution in [0.3, 0.4) is 0 Å². The Morgan fingerprint density at radius 1 is 1.27 bits per heavy atom. The molecule has 1 aliphatic heterocycles. The summed E-state index contributed by atoms with van der Waals surface area (Å²) in [5, 5.41) is 12.6. The van der Waals surface area contributed by atoms with Crippen LogP contribution in [-0.2, 0) is 4.79 Å². The number of carbonyl (C=O) groups is 1. The molecule has 3 aliphatic rings. The number of nitrogens with one attached hydrogen (secondary N) is 1. The highest BCUT2D eigenvalue weighted by atomic mass is 16.4. The van der Waals surface area contributed by atoms with Crippen LogP contribution in [0.2, 0.25) is 0 Å². The fraction of sp³-hybridized carbons (Fsp3) is 0.917. The predicted octanol–water partition coefficient (Wildman–Crippen LogP) is 1.49. The van der Waals surface area contributed by atoms with Crippen molar-refractivity contribution in [3.8, 4) is 0 Å². The van der Waals surface area contributed by atoms with Gasteiger partial charge in [-0.25, -0.2) is 0 Å². The van der Waals surface area contributed by atoms with Gasteiger partial charge in [0.25, 0.3) is 0 Å². The maximum atomic E-state index is 11.3. The van der Waals surface area contributed by atoms with Crippen LogP contribution in [0, 0.1) is 23.2 Å². The third kappa shape index (κ3) is 1.40. The van der Waals surface area contributed by atoms with E-state index in [0.717, 1.165) is 31.2 Å². The van der Waals surface area contributed by atoms with E-state index in [-0.39, 0.29) is 11.3 Å². The smallest absolute Gasteiger partial charge is 0.308 e. The highest BCUT2D eigenvalue weighted by Crippen LogP contribution is 2.54. The van der Waals surface area contributed by atoms with Crippen LogP contribution in [0.1, 0.15) is 32.1 Å². The van der Waals surface area contributed by atoms with Gasteiger partial charge in [-0.05, 0) is 36.5 Å². The van der Waals surface area contributed by atoms with Crippen LogP contribution < -0.4 is 5.32 Å². The van der Waals surface area contributed by atoms with Crippen molar-refractivity contribution in [1.29, 1.82) is 0 Å². The molecule has 3 unspecified atom stereocenters. The summed E-state index contributed by atoms with van der Waals surface area (Å²) in [6.07, 6.45) is 6.38. The molecule has 2 aliphatic carbocycles. The van der Waals surface area contributed by atoms with E-state index in [1.807, 2.05) is 0 Å². The number of carboxylic acids is 1. The number of rotatable bonds is 1. The maximum Gasteiger partial charge on any atom is 0.308 e. The van der Waals surface area contributed by atoms with Gasteiger partial charge < -0.3 is 10.4 Å². The lowest BCUT2D eigenvalue weighted by Crippen LogP contribution is -2.39. The van der Waals surface area contributed by atoms with Crippen LogP contribution in [0.5, 0.6) is 0 Å². The second kappa shape index (κ2) is 3.21. The van der Waals surface area contributed by atoms with Gasteiger partial charge >= 0.3 is 5.97 Å². The second-order valence-corrected chi connectivity index (χ2v) is 5.84. The van der Waals surface area contributed by atoms with E-state index in [1.165, 1.54) is 19.3 Å². The molecule has 2 bridgehead atoms. The number of hydrogen-bond acceptors (Lipinski definition) is 2. The van der Waals surface area contributed by atoms with Gasteiger partial charge in [-0.2, -0.15) is 0 Å². The monoisotopic (exact) mass is 209 g/mol. The summed E-state index contributed by atoms with van der Waals surface area (Å²) in [5.41, 5.74) is 0.107. The molecule has 3 nitrogen and oxygen atoms in total. The molecule has 2 N–H and O–H groups in total. The molecule has 1 spiro atoms. The molecule has 3 rings (SSSR count). The Bertz CT molecular complexity index is 277. The molecule has 0 amide bonds. The highest BCUT2D eigenvalue weighted by molar-refractivity contribution is 5.72. The molecular formula is C12H19NO2. The Labute approximate surface area is 90.2 Å². The van der Waals surface area contributed by atoms with Gasteiger partial charge in [-0.15, -0.1) is 0 Å². The van der Waals surface area contributed by atoms with E-state index in [2.05, 4.69) is 5.32 Å². The van der Waals surface area contributed by atoms with E-state index in [4.69, 9.17) is 0 Å². The summed E-state index contributed by atoms with van der Waals surface area (Å²) < 4.78 is 0. The van der Waals surface area contributed by atoms with Crippen LogP contribution >= 0.6 is 0 Å². The number of hydrogen-bond donors (Lipinski definition) is 2. The van der Waals surface area contributed by atoms with Crippen molar-refractivity contribution in [3.05, 3.63) is 0 Å². The van der Waals surface area contributed by atoms with Gasteiger partial charge in [-0.1, -0.05) is 12.8 Å². The molecule has 0 radical (unpaired) electrons. The first kappa shape index (κ1) is 9.64. The Morgan fingerprint density at radius 3 is 2.53 bits per heavy atom. The Morgan fingerprint density at radius 2 is 1.93 bits per heavy atom. The molecule has 3 atom stereocenters. The average molecular weight is 209 g/mol. The normalized spacial score (nSPS) is 48.7. The Hall–Kier alpha value is -0.570. The van der Waals surface area contributed by atoms with Gasteiger partial charge in [0.05, 0.1) is 5.92 Å². The minimum Gasteiger partial charge on any atom is -0.481 e. The van der Waals surface area contributed by atoms with E-state index in [9.17, 15) is 9.90 Å². The van der Waals surface area contributed by atoms with Crippen LogP contribution in [0.4, 0.5) is 0 Å². The summed E-state index contributed by atoms with van der Waals surface area (Å²) >= 11 is 0. The zero-order chi connectivity index (χ0) is 10.5.